The Bertz CT molecular complexity index is 523. The van der Waals surface area contributed by atoms with Gasteiger partial charge in [-0.1, -0.05) is 30.3 Å². The lowest BCUT2D eigenvalue weighted by molar-refractivity contribution is 0.0662. The van der Waals surface area contributed by atoms with Crippen LogP contribution in [0.25, 0.3) is 11.3 Å². The van der Waals surface area contributed by atoms with Crippen molar-refractivity contribution >= 4 is 0 Å². The highest BCUT2D eigenvalue weighted by atomic mass is 16.3. The number of hydrogen-bond donors (Lipinski definition) is 2. The van der Waals surface area contributed by atoms with Gasteiger partial charge in [0.25, 0.3) is 0 Å². The lowest BCUT2D eigenvalue weighted by atomic mass is 10.1. The molecule has 1 fully saturated rings. The summed E-state index contributed by atoms with van der Waals surface area (Å²) in [5.74, 6) is 0. The topological polar surface area (TPSA) is 52.1 Å². The Morgan fingerprint density at radius 2 is 2.16 bits per heavy atom. The number of aromatic amines is 1. The van der Waals surface area contributed by atoms with Gasteiger partial charge in [-0.3, -0.25) is 10.00 Å². The van der Waals surface area contributed by atoms with Crippen LogP contribution in [0.2, 0.25) is 0 Å². The van der Waals surface area contributed by atoms with E-state index in [-0.39, 0.29) is 6.10 Å². The molecule has 0 radical (unpaired) electrons. The number of β-amino-alcohol motifs (C(OH)–C–C–N with tert-alkyl or cyclic N) is 1. The van der Waals surface area contributed by atoms with Crippen molar-refractivity contribution in [2.75, 3.05) is 13.1 Å². The Kier molecular flexibility index (Phi) is 3.62. The third kappa shape index (κ3) is 3.03. The number of aliphatic hydroxyl groups is 1. The standard InChI is InChI=1S/C15H19N3O/c19-14-7-4-8-18(11-14)10-13-9-15(17-16-13)12-5-2-1-3-6-12/h1-3,5-6,9,14,19H,4,7-8,10-11H2,(H,16,17). The van der Waals surface area contributed by atoms with Gasteiger partial charge >= 0.3 is 0 Å². The highest BCUT2D eigenvalue weighted by molar-refractivity contribution is 5.58. The van der Waals surface area contributed by atoms with Gasteiger partial charge in [0.1, 0.15) is 0 Å². The van der Waals surface area contributed by atoms with Crippen LogP contribution in [0.4, 0.5) is 0 Å². The highest BCUT2D eigenvalue weighted by Gasteiger charge is 2.18. The zero-order valence-electron chi connectivity index (χ0n) is 10.9. The molecule has 0 bridgehead atoms. The Balaban J connectivity index is 1.68. The quantitative estimate of drug-likeness (QED) is 0.884. The minimum absolute atomic E-state index is 0.176. The van der Waals surface area contributed by atoms with Gasteiger partial charge in [0, 0.05) is 24.3 Å². The maximum Gasteiger partial charge on any atom is 0.0924 e. The molecule has 1 saturated heterocycles. The van der Waals surface area contributed by atoms with Gasteiger partial charge in [-0.15, -0.1) is 0 Å². The van der Waals surface area contributed by atoms with E-state index in [1.54, 1.807) is 0 Å². The van der Waals surface area contributed by atoms with Crippen molar-refractivity contribution in [3.63, 3.8) is 0 Å². The van der Waals surface area contributed by atoms with Gasteiger partial charge in [0.15, 0.2) is 0 Å². The number of piperidine rings is 1. The van der Waals surface area contributed by atoms with Crippen LogP contribution >= 0.6 is 0 Å². The highest BCUT2D eigenvalue weighted by Crippen LogP contribution is 2.19. The van der Waals surface area contributed by atoms with Gasteiger partial charge in [-0.25, -0.2) is 0 Å². The molecule has 0 spiro atoms. The number of hydrogen-bond acceptors (Lipinski definition) is 3. The summed E-state index contributed by atoms with van der Waals surface area (Å²) in [7, 11) is 0. The number of aliphatic hydroxyl groups excluding tert-OH is 1. The summed E-state index contributed by atoms with van der Waals surface area (Å²) in [6.45, 7) is 2.65. The van der Waals surface area contributed by atoms with Crippen LogP contribution in [0.3, 0.4) is 0 Å². The fraction of sp³-hybridized carbons (Fsp3) is 0.400. The van der Waals surface area contributed by atoms with Crippen molar-refractivity contribution in [3.05, 3.63) is 42.1 Å². The summed E-state index contributed by atoms with van der Waals surface area (Å²) in [5.41, 5.74) is 3.21. The third-order valence-corrected chi connectivity index (χ3v) is 3.58. The minimum Gasteiger partial charge on any atom is -0.392 e. The first-order valence-corrected chi connectivity index (χ1v) is 6.81. The van der Waals surface area contributed by atoms with Crippen LogP contribution in [0, 0.1) is 0 Å². The molecule has 1 unspecified atom stereocenters. The van der Waals surface area contributed by atoms with Gasteiger partial charge in [0.2, 0.25) is 0 Å². The van der Waals surface area contributed by atoms with Crippen LogP contribution in [0.1, 0.15) is 18.5 Å². The molecule has 1 atom stereocenters. The van der Waals surface area contributed by atoms with E-state index >= 15 is 0 Å². The second-order valence-corrected chi connectivity index (χ2v) is 5.18. The Morgan fingerprint density at radius 1 is 1.32 bits per heavy atom. The largest absolute Gasteiger partial charge is 0.392 e. The fourth-order valence-corrected chi connectivity index (χ4v) is 2.62. The molecular weight excluding hydrogens is 238 g/mol. The molecule has 100 valence electrons. The summed E-state index contributed by atoms with van der Waals surface area (Å²) in [6.07, 6.45) is 1.82. The average Bonchev–Trinajstić information content (AvgIpc) is 2.88. The SMILES string of the molecule is OC1CCCN(Cc2cc(-c3ccccc3)n[nH]2)C1. The molecule has 19 heavy (non-hydrogen) atoms. The van der Waals surface area contributed by atoms with Crippen molar-refractivity contribution in [3.8, 4) is 11.3 Å². The van der Waals surface area contributed by atoms with E-state index in [2.05, 4.69) is 33.3 Å². The van der Waals surface area contributed by atoms with E-state index in [0.29, 0.717) is 0 Å². The van der Waals surface area contributed by atoms with E-state index < -0.39 is 0 Å². The Morgan fingerprint density at radius 3 is 2.95 bits per heavy atom. The van der Waals surface area contributed by atoms with Crippen LogP contribution in [-0.2, 0) is 6.54 Å². The summed E-state index contributed by atoms with van der Waals surface area (Å²) < 4.78 is 0. The molecule has 1 aliphatic rings. The molecule has 1 aromatic heterocycles. The van der Waals surface area contributed by atoms with Crippen molar-refractivity contribution < 1.29 is 5.11 Å². The van der Waals surface area contributed by atoms with E-state index in [1.807, 2.05) is 18.2 Å². The molecular formula is C15H19N3O. The first-order valence-electron chi connectivity index (χ1n) is 6.81. The number of likely N-dealkylation sites (tertiary alicyclic amines) is 1. The molecule has 3 rings (SSSR count). The number of rotatable bonds is 3. The second kappa shape index (κ2) is 5.55. The van der Waals surface area contributed by atoms with Crippen molar-refractivity contribution in [1.82, 2.24) is 15.1 Å². The average molecular weight is 257 g/mol. The molecule has 4 heteroatoms. The van der Waals surface area contributed by atoms with Gasteiger partial charge < -0.3 is 5.11 Å². The van der Waals surface area contributed by atoms with Crippen LogP contribution in [0.15, 0.2) is 36.4 Å². The Hall–Kier alpha value is -1.65. The third-order valence-electron chi connectivity index (χ3n) is 3.58. The van der Waals surface area contributed by atoms with E-state index in [4.69, 9.17) is 0 Å². The van der Waals surface area contributed by atoms with Crippen LogP contribution in [-0.4, -0.2) is 39.4 Å². The monoisotopic (exact) mass is 257 g/mol. The van der Waals surface area contributed by atoms with E-state index in [9.17, 15) is 5.11 Å². The van der Waals surface area contributed by atoms with Gasteiger partial charge in [0.05, 0.1) is 11.8 Å². The number of aromatic nitrogens is 2. The predicted molar refractivity (Wildman–Crippen MR) is 74.5 cm³/mol. The predicted octanol–water partition coefficient (Wildman–Crippen LogP) is 2.03. The van der Waals surface area contributed by atoms with Crippen LogP contribution in [0.5, 0.6) is 0 Å². The minimum atomic E-state index is -0.176. The number of nitrogens with zero attached hydrogens (tertiary/aromatic N) is 2. The summed E-state index contributed by atoms with van der Waals surface area (Å²) in [4.78, 5) is 2.27. The van der Waals surface area contributed by atoms with Crippen molar-refractivity contribution in [2.45, 2.75) is 25.5 Å². The summed E-state index contributed by atoms with van der Waals surface area (Å²) >= 11 is 0. The zero-order chi connectivity index (χ0) is 13.1. The zero-order valence-corrected chi connectivity index (χ0v) is 10.9. The molecule has 0 amide bonds. The molecule has 2 N–H and O–H groups in total. The molecule has 0 saturated carbocycles. The summed E-state index contributed by atoms with van der Waals surface area (Å²) in [5, 5.41) is 17.1. The van der Waals surface area contributed by atoms with Crippen molar-refractivity contribution in [1.29, 1.82) is 0 Å². The smallest absolute Gasteiger partial charge is 0.0924 e. The van der Waals surface area contributed by atoms with Gasteiger partial charge in [-0.2, -0.15) is 5.10 Å². The molecule has 0 aliphatic carbocycles. The molecule has 1 aliphatic heterocycles. The number of benzene rings is 1. The summed E-state index contributed by atoms with van der Waals surface area (Å²) in [6, 6.07) is 12.3. The van der Waals surface area contributed by atoms with E-state index in [0.717, 1.165) is 49.4 Å². The Labute approximate surface area is 113 Å². The molecule has 2 aromatic rings. The maximum absolute atomic E-state index is 9.67. The first kappa shape index (κ1) is 12.4. The second-order valence-electron chi connectivity index (χ2n) is 5.18. The van der Waals surface area contributed by atoms with Gasteiger partial charge in [-0.05, 0) is 25.5 Å². The lowest BCUT2D eigenvalue weighted by Crippen LogP contribution is -2.37. The normalized spacial score (nSPS) is 20.6. The molecule has 4 nitrogen and oxygen atoms in total. The van der Waals surface area contributed by atoms with Crippen LogP contribution < -0.4 is 0 Å². The van der Waals surface area contributed by atoms with E-state index in [1.165, 1.54) is 0 Å². The first-order chi connectivity index (χ1) is 9.31. The lowest BCUT2D eigenvalue weighted by Gasteiger charge is -2.29. The fourth-order valence-electron chi connectivity index (χ4n) is 2.62. The number of nitrogens with one attached hydrogen (secondary N) is 1. The van der Waals surface area contributed by atoms with Crippen molar-refractivity contribution in [2.24, 2.45) is 0 Å². The molecule has 2 heterocycles. The number of H-pyrrole nitrogens is 1. The molecule has 1 aromatic carbocycles. The maximum atomic E-state index is 9.67.